The van der Waals surface area contributed by atoms with Crippen molar-refractivity contribution in [1.29, 1.82) is 0 Å². The number of rotatable bonds is 1. The zero-order chi connectivity index (χ0) is 16.2. The van der Waals surface area contributed by atoms with Crippen LogP contribution in [0.1, 0.15) is 77.6 Å². The van der Waals surface area contributed by atoms with E-state index in [1.165, 1.54) is 32.1 Å². The highest BCUT2D eigenvalue weighted by Gasteiger charge is 2.34. The fourth-order valence-electron chi connectivity index (χ4n) is 4.98. The van der Waals surface area contributed by atoms with E-state index in [4.69, 9.17) is 0 Å². The first-order chi connectivity index (χ1) is 11.1. The zero-order valence-corrected chi connectivity index (χ0v) is 14.7. The number of aliphatic hydroxyl groups excluding tert-OH is 2. The molecule has 3 unspecified atom stereocenters. The van der Waals surface area contributed by atoms with Crippen molar-refractivity contribution >= 4 is 0 Å². The molecular weight excluding hydrogens is 284 g/mol. The Kier molecular flexibility index (Phi) is 6.05. The third-order valence-electron chi connectivity index (χ3n) is 6.75. The molecule has 0 aromatic rings. The zero-order valence-electron chi connectivity index (χ0n) is 14.7. The van der Waals surface area contributed by atoms with Gasteiger partial charge < -0.3 is 10.2 Å². The van der Waals surface area contributed by atoms with Crippen molar-refractivity contribution < 1.29 is 10.2 Å². The maximum Gasteiger partial charge on any atom is 0.0680 e. The molecule has 0 radical (unpaired) electrons. The Morgan fingerprint density at radius 2 is 1.35 bits per heavy atom. The Morgan fingerprint density at radius 1 is 0.696 bits per heavy atom. The first kappa shape index (κ1) is 17.3. The Hall–Kier alpha value is -0.520. The minimum atomic E-state index is -0.213. The Balaban J connectivity index is 1.47. The Morgan fingerprint density at radius 3 is 2.00 bits per heavy atom. The minimum Gasteiger partial charge on any atom is -0.393 e. The van der Waals surface area contributed by atoms with E-state index in [0.29, 0.717) is 5.92 Å². The van der Waals surface area contributed by atoms with Gasteiger partial charge in [-0.1, -0.05) is 31.6 Å². The Bertz CT molecular complexity index is 419. The van der Waals surface area contributed by atoms with Crippen LogP contribution in [0.2, 0.25) is 0 Å². The van der Waals surface area contributed by atoms with Crippen molar-refractivity contribution in [3.8, 4) is 11.8 Å². The Labute approximate surface area is 142 Å². The molecule has 3 aliphatic rings. The molecule has 0 amide bonds. The smallest absolute Gasteiger partial charge is 0.0680 e. The lowest BCUT2D eigenvalue weighted by Crippen LogP contribution is -2.33. The molecule has 23 heavy (non-hydrogen) atoms. The van der Waals surface area contributed by atoms with Gasteiger partial charge in [-0.2, -0.15) is 0 Å². The van der Waals surface area contributed by atoms with E-state index in [0.717, 1.165) is 56.3 Å². The van der Waals surface area contributed by atoms with Crippen LogP contribution in [0.4, 0.5) is 0 Å². The van der Waals surface area contributed by atoms with E-state index < -0.39 is 0 Å². The van der Waals surface area contributed by atoms with Crippen LogP contribution >= 0.6 is 0 Å². The summed E-state index contributed by atoms with van der Waals surface area (Å²) in [5.41, 5.74) is 0. The number of hydrogen-bond donors (Lipinski definition) is 2. The predicted molar refractivity (Wildman–Crippen MR) is 93.7 cm³/mol. The van der Waals surface area contributed by atoms with Gasteiger partial charge in [0, 0.05) is 11.8 Å². The molecule has 3 rings (SSSR count). The molecule has 2 nitrogen and oxygen atoms in total. The fraction of sp³-hybridized carbons (Fsp3) is 0.905. The van der Waals surface area contributed by atoms with Gasteiger partial charge in [-0.25, -0.2) is 0 Å². The minimum absolute atomic E-state index is 0.104. The van der Waals surface area contributed by atoms with E-state index in [2.05, 4.69) is 18.8 Å². The second-order valence-electron chi connectivity index (χ2n) is 8.56. The number of aliphatic hydroxyl groups is 2. The highest BCUT2D eigenvalue weighted by Crippen LogP contribution is 2.41. The molecule has 0 spiro atoms. The van der Waals surface area contributed by atoms with Crippen molar-refractivity contribution in [1.82, 2.24) is 0 Å². The standard InChI is InChI=1S/C21H34O2/c1-15-2-7-17(8-3-15)19-11-10-18(21(23)14-19)9-4-16-5-12-20(22)13-6-16/h15-23H,2-3,5-8,10-14H2,1H3. The summed E-state index contributed by atoms with van der Waals surface area (Å²) in [7, 11) is 0. The topological polar surface area (TPSA) is 40.5 Å². The molecule has 3 fully saturated rings. The molecule has 130 valence electrons. The van der Waals surface area contributed by atoms with Gasteiger partial charge in [-0.15, -0.1) is 0 Å². The molecule has 0 aromatic heterocycles. The van der Waals surface area contributed by atoms with E-state index in [1.54, 1.807) is 0 Å². The van der Waals surface area contributed by atoms with E-state index >= 15 is 0 Å². The number of hydrogen-bond acceptors (Lipinski definition) is 2. The average Bonchev–Trinajstić information content (AvgIpc) is 2.56. The molecule has 2 heteroatoms. The highest BCUT2D eigenvalue weighted by atomic mass is 16.3. The summed E-state index contributed by atoms with van der Waals surface area (Å²) < 4.78 is 0. The molecule has 0 aliphatic heterocycles. The second kappa shape index (κ2) is 8.04. The third-order valence-corrected chi connectivity index (χ3v) is 6.75. The van der Waals surface area contributed by atoms with Crippen molar-refractivity contribution in [2.45, 2.75) is 89.8 Å². The van der Waals surface area contributed by atoms with E-state index in [1.807, 2.05) is 0 Å². The van der Waals surface area contributed by atoms with Crippen LogP contribution < -0.4 is 0 Å². The van der Waals surface area contributed by atoms with Gasteiger partial charge in [0.15, 0.2) is 0 Å². The molecule has 3 aliphatic carbocycles. The molecule has 2 N–H and O–H groups in total. The van der Waals surface area contributed by atoms with Crippen LogP contribution in [0.5, 0.6) is 0 Å². The van der Waals surface area contributed by atoms with Crippen molar-refractivity contribution in [3.05, 3.63) is 0 Å². The first-order valence-corrected chi connectivity index (χ1v) is 9.99. The summed E-state index contributed by atoms with van der Waals surface area (Å²) in [6.07, 6.45) is 12.4. The monoisotopic (exact) mass is 318 g/mol. The summed E-state index contributed by atoms with van der Waals surface area (Å²) >= 11 is 0. The molecule has 3 atom stereocenters. The molecule has 0 saturated heterocycles. The lowest BCUT2D eigenvalue weighted by molar-refractivity contribution is 0.0405. The molecule has 3 saturated carbocycles. The summed E-state index contributed by atoms with van der Waals surface area (Å²) in [6.45, 7) is 2.38. The van der Waals surface area contributed by atoms with E-state index in [9.17, 15) is 10.2 Å². The largest absolute Gasteiger partial charge is 0.393 e. The third kappa shape index (κ3) is 4.74. The quantitative estimate of drug-likeness (QED) is 0.713. The lowest BCUT2D eigenvalue weighted by Gasteiger charge is -2.38. The summed E-state index contributed by atoms with van der Waals surface area (Å²) in [5, 5.41) is 20.1. The van der Waals surface area contributed by atoms with Gasteiger partial charge in [0.05, 0.1) is 12.2 Å². The van der Waals surface area contributed by atoms with Crippen LogP contribution in [-0.2, 0) is 0 Å². The highest BCUT2D eigenvalue weighted by molar-refractivity contribution is 5.11. The van der Waals surface area contributed by atoms with Crippen molar-refractivity contribution in [2.75, 3.05) is 0 Å². The van der Waals surface area contributed by atoms with Gasteiger partial charge in [-0.05, 0) is 75.5 Å². The molecular formula is C21H34O2. The van der Waals surface area contributed by atoms with Gasteiger partial charge in [0.1, 0.15) is 0 Å². The fourth-order valence-corrected chi connectivity index (χ4v) is 4.98. The molecule has 0 aromatic carbocycles. The van der Waals surface area contributed by atoms with Gasteiger partial charge >= 0.3 is 0 Å². The summed E-state index contributed by atoms with van der Waals surface area (Å²) in [4.78, 5) is 0. The second-order valence-corrected chi connectivity index (χ2v) is 8.56. The average molecular weight is 319 g/mol. The van der Waals surface area contributed by atoms with Crippen LogP contribution in [0, 0.1) is 41.4 Å². The summed E-state index contributed by atoms with van der Waals surface area (Å²) in [6, 6.07) is 0. The van der Waals surface area contributed by atoms with E-state index in [-0.39, 0.29) is 18.1 Å². The van der Waals surface area contributed by atoms with Gasteiger partial charge in [-0.3, -0.25) is 0 Å². The van der Waals surface area contributed by atoms with Crippen LogP contribution in [0.3, 0.4) is 0 Å². The SMILES string of the molecule is CC1CCC(C2CCC(C#CC3CCC(O)CC3)C(O)C2)CC1. The lowest BCUT2D eigenvalue weighted by atomic mass is 9.68. The normalized spacial score (nSPS) is 45.1. The van der Waals surface area contributed by atoms with Gasteiger partial charge in [0.25, 0.3) is 0 Å². The summed E-state index contributed by atoms with van der Waals surface area (Å²) in [5.74, 6) is 9.97. The first-order valence-electron chi connectivity index (χ1n) is 9.99. The van der Waals surface area contributed by atoms with Crippen LogP contribution in [-0.4, -0.2) is 22.4 Å². The van der Waals surface area contributed by atoms with Crippen molar-refractivity contribution in [3.63, 3.8) is 0 Å². The van der Waals surface area contributed by atoms with Crippen LogP contribution in [0.15, 0.2) is 0 Å². The predicted octanol–water partition coefficient (Wildman–Crippen LogP) is 4.14. The van der Waals surface area contributed by atoms with Gasteiger partial charge in [0.2, 0.25) is 0 Å². The van der Waals surface area contributed by atoms with Crippen LogP contribution in [0.25, 0.3) is 0 Å². The maximum atomic E-state index is 10.6. The molecule has 0 heterocycles. The van der Waals surface area contributed by atoms with Crippen molar-refractivity contribution in [2.24, 2.45) is 29.6 Å². The molecule has 0 bridgehead atoms. The maximum absolute atomic E-state index is 10.6.